The third-order valence-corrected chi connectivity index (χ3v) is 10.1. The fourth-order valence-electron chi connectivity index (χ4n) is 6.86. The molecule has 0 bridgehead atoms. The van der Waals surface area contributed by atoms with Crippen LogP contribution in [-0.2, 0) is 0 Å². The van der Waals surface area contributed by atoms with E-state index in [1.54, 1.807) is 0 Å². The maximum atomic E-state index is 6.28. The Hall–Kier alpha value is -5.40. The molecule has 268 valence electrons. The van der Waals surface area contributed by atoms with Crippen molar-refractivity contribution in [3.8, 4) is 16.9 Å². The molecule has 0 radical (unpaired) electrons. The Balaban J connectivity index is 1.39. The summed E-state index contributed by atoms with van der Waals surface area (Å²) >= 11 is 0. The number of aryl methyl sites for hydroxylation is 2. The van der Waals surface area contributed by atoms with E-state index in [9.17, 15) is 0 Å². The average molecular weight is 695 g/mol. The second-order valence-corrected chi connectivity index (χ2v) is 15.0. The minimum absolute atomic E-state index is 0.672. The molecule has 0 aliphatic carbocycles. The molecule has 0 heterocycles. The fourth-order valence-corrected chi connectivity index (χ4v) is 6.86. The highest BCUT2D eigenvalue weighted by Gasteiger charge is 2.12. The summed E-state index contributed by atoms with van der Waals surface area (Å²) in [5.74, 6) is 2.37. The van der Waals surface area contributed by atoms with Gasteiger partial charge >= 0.3 is 0 Å². The van der Waals surface area contributed by atoms with Crippen LogP contribution >= 0.6 is 0 Å². The van der Waals surface area contributed by atoms with E-state index < -0.39 is 0 Å². The van der Waals surface area contributed by atoms with Gasteiger partial charge in [-0.25, -0.2) is 0 Å². The van der Waals surface area contributed by atoms with Crippen LogP contribution in [0.4, 0.5) is 0 Å². The lowest BCUT2D eigenvalue weighted by Gasteiger charge is -2.15. The Morgan fingerprint density at radius 2 is 1.06 bits per heavy atom. The van der Waals surface area contributed by atoms with Gasteiger partial charge in [0.15, 0.2) is 0 Å². The number of benzene rings is 6. The minimum atomic E-state index is 0.672. The lowest BCUT2D eigenvalue weighted by atomic mass is 9.90. The van der Waals surface area contributed by atoms with E-state index in [0.29, 0.717) is 5.92 Å². The van der Waals surface area contributed by atoms with Gasteiger partial charge in [-0.3, -0.25) is 0 Å². The van der Waals surface area contributed by atoms with Gasteiger partial charge in [-0.05, 0) is 118 Å². The van der Waals surface area contributed by atoms with Gasteiger partial charge in [0.2, 0.25) is 0 Å². The summed E-state index contributed by atoms with van der Waals surface area (Å²) in [5.41, 5.74) is 14.4. The van der Waals surface area contributed by atoms with Crippen molar-refractivity contribution < 1.29 is 4.74 Å². The van der Waals surface area contributed by atoms with Crippen molar-refractivity contribution in [1.29, 1.82) is 0 Å². The molecule has 6 rings (SSSR count). The topological polar surface area (TPSA) is 9.23 Å². The lowest BCUT2D eigenvalue weighted by Crippen LogP contribution is -2.04. The summed E-state index contributed by atoms with van der Waals surface area (Å²) in [4.78, 5) is 0. The molecule has 1 atom stereocenters. The van der Waals surface area contributed by atoms with Crippen LogP contribution in [-0.4, -0.2) is 6.61 Å². The van der Waals surface area contributed by atoms with Gasteiger partial charge in [0.1, 0.15) is 5.75 Å². The Bertz CT molecular complexity index is 2080. The molecule has 6 aromatic rings. The molecule has 0 aromatic heterocycles. The zero-order valence-corrected chi connectivity index (χ0v) is 32.2. The summed E-state index contributed by atoms with van der Waals surface area (Å²) in [6.07, 6.45) is 9.63. The van der Waals surface area contributed by atoms with Crippen molar-refractivity contribution in [2.75, 3.05) is 6.61 Å². The maximum Gasteiger partial charge on any atom is 0.119 e. The Morgan fingerprint density at radius 1 is 0.528 bits per heavy atom. The Morgan fingerprint density at radius 3 is 1.60 bits per heavy atom. The van der Waals surface area contributed by atoms with Gasteiger partial charge in [0, 0.05) is 0 Å². The summed E-state index contributed by atoms with van der Waals surface area (Å²) < 4.78 is 6.28. The van der Waals surface area contributed by atoms with Gasteiger partial charge in [-0.15, -0.1) is 0 Å². The lowest BCUT2D eigenvalue weighted by molar-refractivity contribution is 0.276. The third kappa shape index (κ3) is 10.6. The molecule has 0 spiro atoms. The van der Waals surface area contributed by atoms with Crippen LogP contribution in [0.2, 0.25) is 0 Å². The second-order valence-electron chi connectivity index (χ2n) is 15.0. The van der Waals surface area contributed by atoms with E-state index in [-0.39, 0.29) is 0 Å². The highest BCUT2D eigenvalue weighted by molar-refractivity contribution is 5.96. The zero-order valence-electron chi connectivity index (χ0n) is 32.2. The SMILES string of the molecule is Cc1ccc(C(=Cc2ccc(C=C(c3ccccc3)c3ccc(C)cc3)c(-c3ccc(OCCC(C)CCCC(C)C)cc3)c2)c2ccccc2)cc1. The number of ether oxygens (including phenoxy) is 1. The number of hydrogen-bond donors (Lipinski definition) is 0. The molecular weight excluding hydrogens is 641 g/mol. The predicted molar refractivity (Wildman–Crippen MR) is 229 cm³/mol. The first-order valence-corrected chi connectivity index (χ1v) is 19.4. The van der Waals surface area contributed by atoms with E-state index in [1.165, 1.54) is 74.9 Å². The molecule has 1 heteroatoms. The molecule has 0 N–H and O–H groups in total. The van der Waals surface area contributed by atoms with Gasteiger partial charge in [0.05, 0.1) is 6.61 Å². The molecule has 0 aliphatic rings. The van der Waals surface area contributed by atoms with Gasteiger partial charge < -0.3 is 4.74 Å². The van der Waals surface area contributed by atoms with Crippen LogP contribution in [0, 0.1) is 25.7 Å². The first kappa shape index (κ1) is 37.4. The minimum Gasteiger partial charge on any atom is -0.494 e. The van der Waals surface area contributed by atoms with Gasteiger partial charge in [0.25, 0.3) is 0 Å². The average Bonchev–Trinajstić information content (AvgIpc) is 3.18. The second kappa shape index (κ2) is 18.4. The predicted octanol–water partition coefficient (Wildman–Crippen LogP) is 14.4. The summed E-state index contributed by atoms with van der Waals surface area (Å²) in [5, 5.41) is 0. The van der Waals surface area contributed by atoms with Crippen LogP contribution < -0.4 is 4.74 Å². The van der Waals surface area contributed by atoms with E-state index in [4.69, 9.17) is 4.74 Å². The first-order chi connectivity index (χ1) is 25.8. The van der Waals surface area contributed by atoms with E-state index in [1.807, 2.05) is 0 Å². The van der Waals surface area contributed by atoms with E-state index in [0.717, 1.165) is 35.8 Å². The molecule has 0 aliphatic heterocycles. The van der Waals surface area contributed by atoms with Crippen LogP contribution in [0.15, 0.2) is 152 Å². The molecule has 0 amide bonds. The molecule has 0 saturated heterocycles. The Labute approximate surface area is 318 Å². The van der Waals surface area contributed by atoms with Gasteiger partial charge in [-0.1, -0.05) is 185 Å². The third-order valence-electron chi connectivity index (χ3n) is 10.1. The van der Waals surface area contributed by atoms with Crippen LogP contribution in [0.5, 0.6) is 5.75 Å². The molecule has 1 unspecified atom stereocenters. The van der Waals surface area contributed by atoms with Crippen molar-refractivity contribution in [3.63, 3.8) is 0 Å². The molecule has 0 saturated carbocycles. The molecule has 1 nitrogen and oxygen atoms in total. The number of rotatable bonds is 15. The summed E-state index contributed by atoms with van der Waals surface area (Å²) in [6, 6.07) is 54.7. The largest absolute Gasteiger partial charge is 0.494 e. The van der Waals surface area contributed by atoms with Crippen LogP contribution in [0.3, 0.4) is 0 Å². The molecule has 6 aromatic carbocycles. The summed E-state index contributed by atoms with van der Waals surface area (Å²) in [7, 11) is 0. The van der Waals surface area contributed by atoms with Crippen molar-refractivity contribution in [2.24, 2.45) is 11.8 Å². The van der Waals surface area contributed by atoms with E-state index in [2.05, 4.69) is 198 Å². The van der Waals surface area contributed by atoms with Crippen molar-refractivity contribution in [2.45, 2.75) is 60.3 Å². The first-order valence-electron chi connectivity index (χ1n) is 19.4. The Kier molecular flexibility index (Phi) is 13.0. The van der Waals surface area contributed by atoms with Crippen molar-refractivity contribution in [1.82, 2.24) is 0 Å². The van der Waals surface area contributed by atoms with E-state index >= 15 is 0 Å². The molecule has 0 fully saturated rings. The zero-order chi connectivity index (χ0) is 37.0. The van der Waals surface area contributed by atoms with Crippen molar-refractivity contribution in [3.05, 3.63) is 196 Å². The number of hydrogen-bond acceptors (Lipinski definition) is 1. The molecular formula is C52H54O. The van der Waals surface area contributed by atoms with Crippen LogP contribution in [0.1, 0.15) is 91.0 Å². The summed E-state index contributed by atoms with van der Waals surface area (Å²) in [6.45, 7) is 12.0. The van der Waals surface area contributed by atoms with Gasteiger partial charge in [-0.2, -0.15) is 0 Å². The highest BCUT2D eigenvalue weighted by Crippen LogP contribution is 2.35. The smallest absolute Gasteiger partial charge is 0.119 e. The quantitative estimate of drug-likeness (QED) is 0.0972. The fraction of sp³-hybridized carbons (Fsp3) is 0.231. The normalized spacial score (nSPS) is 12.6. The monoisotopic (exact) mass is 694 g/mol. The maximum absolute atomic E-state index is 6.28. The van der Waals surface area contributed by atoms with Crippen molar-refractivity contribution >= 4 is 23.3 Å². The standard InChI is InChI=1S/C52H54O/c1-38(2)13-12-14-39(3)33-34-53-49-31-29-47(30-32-49)51-36-42(35-50(43-15-8-6-9-16-43)45-24-19-40(4)20-25-45)23-28-48(51)37-52(44-17-10-7-11-18-44)46-26-21-41(5)22-27-46/h6-11,15-32,35-39H,12-14,33-34H2,1-5H3. The highest BCUT2D eigenvalue weighted by atomic mass is 16.5. The molecule has 53 heavy (non-hydrogen) atoms. The van der Waals surface area contributed by atoms with Crippen LogP contribution in [0.25, 0.3) is 34.4 Å².